The molecule has 0 bridgehead atoms. The zero-order valence-corrected chi connectivity index (χ0v) is 15.3. The highest BCUT2D eigenvalue weighted by Crippen LogP contribution is 2.27. The lowest BCUT2D eigenvalue weighted by Crippen LogP contribution is -2.40. The first-order valence-corrected chi connectivity index (χ1v) is 9.24. The fraction of sp³-hybridized carbons (Fsp3) is 0.714. The van der Waals surface area contributed by atoms with E-state index in [-0.39, 0.29) is 5.41 Å². The van der Waals surface area contributed by atoms with E-state index in [1.165, 1.54) is 43.2 Å². The van der Waals surface area contributed by atoms with Gasteiger partial charge in [0.2, 0.25) is 0 Å². The minimum atomic E-state index is 0.250. The second-order valence-corrected chi connectivity index (χ2v) is 8.34. The van der Waals surface area contributed by atoms with E-state index in [2.05, 4.69) is 64.2 Å². The first kappa shape index (κ1) is 17.5. The van der Waals surface area contributed by atoms with Crippen LogP contribution in [-0.2, 0) is 11.8 Å². The minimum absolute atomic E-state index is 0.250. The van der Waals surface area contributed by atoms with Crippen molar-refractivity contribution in [3.05, 3.63) is 35.4 Å². The Balaban J connectivity index is 1.81. The van der Waals surface area contributed by atoms with Crippen molar-refractivity contribution in [2.75, 3.05) is 0 Å². The highest BCUT2D eigenvalue weighted by atomic mass is 14.9. The maximum Gasteiger partial charge on any atom is 0.00817 e. The Morgan fingerprint density at radius 2 is 1.64 bits per heavy atom. The average Bonchev–Trinajstić information content (AvgIpc) is 2.47. The van der Waals surface area contributed by atoms with Crippen molar-refractivity contribution in [1.29, 1.82) is 0 Å². The molecule has 1 atom stereocenters. The molecule has 22 heavy (non-hydrogen) atoms. The molecule has 0 saturated heterocycles. The summed E-state index contributed by atoms with van der Waals surface area (Å²) in [7, 11) is 0. The summed E-state index contributed by atoms with van der Waals surface area (Å²) in [5.41, 5.74) is 3.13. The Hall–Kier alpha value is -0.820. The van der Waals surface area contributed by atoms with Gasteiger partial charge in [-0.15, -0.1) is 0 Å². The van der Waals surface area contributed by atoms with E-state index in [1.807, 2.05) is 0 Å². The molecule has 1 nitrogen and oxygen atoms in total. The molecule has 1 aromatic carbocycles. The van der Waals surface area contributed by atoms with Crippen LogP contribution in [0.1, 0.15) is 77.8 Å². The molecule has 0 heterocycles. The second kappa shape index (κ2) is 7.64. The van der Waals surface area contributed by atoms with Crippen LogP contribution in [0.2, 0.25) is 0 Å². The SMILES string of the molecule is CCC1CCC(NC(C)Cc2ccc(C(C)(C)C)cc2)CC1. The van der Waals surface area contributed by atoms with Crippen molar-refractivity contribution < 1.29 is 0 Å². The van der Waals surface area contributed by atoms with Crippen LogP contribution in [0.15, 0.2) is 24.3 Å². The van der Waals surface area contributed by atoms with Crippen molar-refractivity contribution >= 4 is 0 Å². The first-order valence-electron chi connectivity index (χ1n) is 9.24. The van der Waals surface area contributed by atoms with Gasteiger partial charge in [0.05, 0.1) is 0 Å². The Morgan fingerprint density at radius 3 is 2.14 bits per heavy atom. The summed E-state index contributed by atoms with van der Waals surface area (Å²) in [5.74, 6) is 0.985. The van der Waals surface area contributed by atoms with E-state index in [0.717, 1.165) is 18.4 Å². The van der Waals surface area contributed by atoms with Crippen LogP contribution >= 0.6 is 0 Å². The van der Waals surface area contributed by atoms with E-state index in [9.17, 15) is 0 Å². The van der Waals surface area contributed by atoms with E-state index in [0.29, 0.717) is 6.04 Å². The van der Waals surface area contributed by atoms with Gasteiger partial charge >= 0.3 is 0 Å². The average molecular weight is 302 g/mol. The Bertz CT molecular complexity index is 432. The van der Waals surface area contributed by atoms with Crippen molar-refractivity contribution in [3.8, 4) is 0 Å². The molecule has 1 unspecified atom stereocenters. The van der Waals surface area contributed by atoms with Gasteiger partial charge in [0.1, 0.15) is 0 Å². The Morgan fingerprint density at radius 1 is 1.05 bits per heavy atom. The fourth-order valence-electron chi connectivity index (χ4n) is 3.69. The molecule has 1 aliphatic carbocycles. The lowest BCUT2D eigenvalue weighted by Gasteiger charge is -2.31. The second-order valence-electron chi connectivity index (χ2n) is 8.34. The summed E-state index contributed by atoms with van der Waals surface area (Å²) < 4.78 is 0. The molecule has 1 aromatic rings. The molecule has 0 aromatic heterocycles. The summed E-state index contributed by atoms with van der Waals surface area (Å²) in [6.07, 6.45) is 8.07. The van der Waals surface area contributed by atoms with Crippen LogP contribution in [0.3, 0.4) is 0 Å². The van der Waals surface area contributed by atoms with Gasteiger partial charge in [0.15, 0.2) is 0 Å². The third-order valence-corrected chi connectivity index (χ3v) is 5.31. The standard InChI is InChI=1S/C21H35N/c1-6-17-9-13-20(14-10-17)22-16(2)15-18-7-11-19(12-8-18)21(3,4)5/h7-8,11-12,16-17,20,22H,6,9-10,13-15H2,1-5H3. The molecular weight excluding hydrogens is 266 g/mol. The van der Waals surface area contributed by atoms with Gasteiger partial charge < -0.3 is 5.32 Å². The van der Waals surface area contributed by atoms with Crippen LogP contribution in [0.25, 0.3) is 0 Å². The number of rotatable bonds is 5. The molecule has 2 rings (SSSR count). The zero-order chi connectivity index (χ0) is 16.2. The van der Waals surface area contributed by atoms with Crippen molar-refractivity contribution in [2.24, 2.45) is 5.92 Å². The molecular formula is C21H35N. The fourth-order valence-corrected chi connectivity index (χ4v) is 3.69. The summed E-state index contributed by atoms with van der Waals surface area (Å²) >= 11 is 0. The summed E-state index contributed by atoms with van der Waals surface area (Å²) in [6.45, 7) is 11.5. The molecule has 0 radical (unpaired) electrons. The molecule has 0 aliphatic heterocycles. The van der Waals surface area contributed by atoms with Crippen molar-refractivity contribution in [3.63, 3.8) is 0 Å². The van der Waals surface area contributed by atoms with Gasteiger partial charge in [-0.05, 0) is 61.5 Å². The molecule has 1 N–H and O–H groups in total. The normalized spacial score (nSPS) is 24.2. The molecule has 1 saturated carbocycles. The number of hydrogen-bond donors (Lipinski definition) is 1. The van der Waals surface area contributed by atoms with Gasteiger partial charge in [0.25, 0.3) is 0 Å². The third kappa shape index (κ3) is 5.12. The highest BCUT2D eigenvalue weighted by Gasteiger charge is 2.21. The quantitative estimate of drug-likeness (QED) is 0.760. The molecule has 124 valence electrons. The van der Waals surface area contributed by atoms with E-state index in [4.69, 9.17) is 0 Å². The van der Waals surface area contributed by atoms with Gasteiger partial charge in [0, 0.05) is 12.1 Å². The summed E-state index contributed by atoms with van der Waals surface area (Å²) in [4.78, 5) is 0. The maximum atomic E-state index is 3.86. The van der Waals surface area contributed by atoms with Crippen molar-refractivity contribution in [1.82, 2.24) is 5.32 Å². The Labute approximate surface area is 137 Å². The van der Waals surface area contributed by atoms with E-state index in [1.54, 1.807) is 0 Å². The van der Waals surface area contributed by atoms with Crippen LogP contribution in [0.5, 0.6) is 0 Å². The van der Waals surface area contributed by atoms with Gasteiger partial charge in [-0.3, -0.25) is 0 Å². The van der Waals surface area contributed by atoms with Crippen LogP contribution < -0.4 is 5.32 Å². The smallest absolute Gasteiger partial charge is 0.00817 e. The third-order valence-electron chi connectivity index (χ3n) is 5.31. The zero-order valence-electron chi connectivity index (χ0n) is 15.3. The van der Waals surface area contributed by atoms with Crippen molar-refractivity contribution in [2.45, 2.75) is 90.6 Å². The molecule has 1 aliphatic rings. The van der Waals surface area contributed by atoms with Gasteiger partial charge in [-0.1, -0.05) is 58.4 Å². The van der Waals surface area contributed by atoms with Gasteiger partial charge in [-0.25, -0.2) is 0 Å². The molecule has 1 heteroatoms. The molecule has 0 spiro atoms. The van der Waals surface area contributed by atoms with E-state index >= 15 is 0 Å². The highest BCUT2D eigenvalue weighted by molar-refractivity contribution is 5.27. The molecule has 1 fully saturated rings. The summed E-state index contributed by atoms with van der Waals surface area (Å²) in [5, 5.41) is 3.86. The summed E-state index contributed by atoms with van der Waals surface area (Å²) in [6, 6.07) is 10.5. The van der Waals surface area contributed by atoms with E-state index < -0.39 is 0 Å². The Kier molecular flexibility index (Phi) is 6.09. The van der Waals surface area contributed by atoms with Crippen LogP contribution in [0.4, 0.5) is 0 Å². The number of benzene rings is 1. The predicted octanol–water partition coefficient (Wildman–Crippen LogP) is 5.47. The molecule has 0 amide bonds. The van der Waals surface area contributed by atoms with Gasteiger partial charge in [-0.2, -0.15) is 0 Å². The number of nitrogens with one attached hydrogen (secondary N) is 1. The lowest BCUT2D eigenvalue weighted by molar-refractivity contribution is 0.272. The monoisotopic (exact) mass is 301 g/mol. The lowest BCUT2D eigenvalue weighted by atomic mass is 9.84. The largest absolute Gasteiger partial charge is 0.311 e. The first-order chi connectivity index (χ1) is 10.4. The minimum Gasteiger partial charge on any atom is -0.311 e. The number of hydrogen-bond acceptors (Lipinski definition) is 1. The topological polar surface area (TPSA) is 12.0 Å². The predicted molar refractivity (Wildman–Crippen MR) is 97.5 cm³/mol. The van der Waals surface area contributed by atoms with Crippen LogP contribution in [0, 0.1) is 5.92 Å². The maximum absolute atomic E-state index is 3.86. The van der Waals surface area contributed by atoms with Crippen LogP contribution in [-0.4, -0.2) is 12.1 Å².